The standard InChI is InChI=1S/2C3H7O.3ClH.O.V/c2*1-2-3-4;;;;;/h2*2-3H2,1H3;3*1H;;/q2*-1;;;;;+5/p-3. The molecule has 0 heterocycles. The number of hydrogen-bond acceptors (Lipinski definition) is 3. The van der Waals surface area contributed by atoms with E-state index in [2.05, 4.69) is 0 Å². The maximum absolute atomic E-state index is 11.8. The van der Waals surface area contributed by atoms with Gasteiger partial charge in [-0.2, -0.15) is 0 Å². The Balaban J connectivity index is 4.49. The molecular weight excluding hydrogens is 277 g/mol. The van der Waals surface area contributed by atoms with E-state index in [4.69, 9.17) is 36.9 Å². The van der Waals surface area contributed by atoms with Crippen molar-refractivity contribution in [3.05, 3.63) is 0 Å². The molecule has 0 amide bonds. The molecule has 82 valence electrons. The van der Waals surface area contributed by atoms with Gasteiger partial charge in [-0.25, -0.2) is 0 Å². The molecule has 3 nitrogen and oxygen atoms in total. The van der Waals surface area contributed by atoms with E-state index in [9.17, 15) is 3.67 Å². The van der Waals surface area contributed by atoms with Gasteiger partial charge in [-0.05, 0) is 0 Å². The molecule has 0 radical (unpaired) electrons. The fraction of sp³-hybridized carbons (Fsp3) is 1.00. The second kappa shape index (κ2) is 3.97. The van der Waals surface area contributed by atoms with Crippen LogP contribution in [0.2, 0.25) is 0 Å². The summed E-state index contributed by atoms with van der Waals surface area (Å²) in [6, 6.07) is 0. The van der Waals surface area contributed by atoms with Crippen molar-refractivity contribution in [2.75, 3.05) is 13.2 Å². The summed E-state index contributed by atoms with van der Waals surface area (Å²) in [4.78, 5) is 0. The van der Waals surface area contributed by atoms with Gasteiger partial charge in [-0.3, -0.25) is 0 Å². The zero-order valence-corrected chi connectivity index (χ0v) is 11.3. The molecule has 0 N–H and O–H groups in total. The van der Waals surface area contributed by atoms with Crippen molar-refractivity contribution >= 4 is 29.5 Å². The second-order valence-electron chi connectivity index (χ2n) is 2.70. The Hall–Kier alpha value is 1.17. The third kappa shape index (κ3) is 7.14. The van der Waals surface area contributed by atoms with Crippen molar-refractivity contribution in [1.82, 2.24) is 0 Å². The van der Waals surface area contributed by atoms with Gasteiger partial charge in [0.25, 0.3) is 0 Å². The van der Waals surface area contributed by atoms with Gasteiger partial charge in [0, 0.05) is 0 Å². The van der Waals surface area contributed by atoms with Crippen LogP contribution in [0, 0.1) is 0 Å². The number of hydrogen-bond donors (Lipinski definition) is 0. The minimum absolute atomic E-state index is 0.101. The average Bonchev–Trinajstić information content (AvgIpc) is 1.97. The SMILES string of the molecule is CCC[O][V](=[O])([Cl])([Cl])([Cl])[O]CCC. The zero-order chi connectivity index (χ0) is 10.7. The molecule has 13 heavy (non-hydrogen) atoms. The third-order valence-electron chi connectivity index (χ3n) is 1.09. The van der Waals surface area contributed by atoms with Gasteiger partial charge in [0.1, 0.15) is 0 Å². The summed E-state index contributed by atoms with van der Waals surface area (Å²) in [5, 5.41) is 0. The first-order chi connectivity index (χ1) is 5.62. The van der Waals surface area contributed by atoms with Crippen LogP contribution in [-0.4, -0.2) is 13.2 Å². The number of rotatable bonds is 6. The van der Waals surface area contributed by atoms with E-state index >= 15 is 0 Å². The van der Waals surface area contributed by atoms with Crippen LogP contribution in [0.15, 0.2) is 0 Å². The van der Waals surface area contributed by atoms with Gasteiger partial charge in [0.15, 0.2) is 0 Å². The van der Waals surface area contributed by atoms with E-state index in [-0.39, 0.29) is 13.2 Å². The molecule has 0 aromatic heterocycles. The van der Waals surface area contributed by atoms with Crippen molar-refractivity contribution in [2.24, 2.45) is 0 Å². The first kappa shape index (κ1) is 14.2. The molecule has 0 rings (SSSR count). The molecule has 0 aliphatic carbocycles. The van der Waals surface area contributed by atoms with Gasteiger partial charge in [-0.1, -0.05) is 0 Å². The Morgan fingerprint density at radius 3 is 1.54 bits per heavy atom. The summed E-state index contributed by atoms with van der Waals surface area (Å²) >= 11 is 0. The van der Waals surface area contributed by atoms with Crippen LogP contribution in [0.4, 0.5) is 0 Å². The van der Waals surface area contributed by atoms with Crippen molar-refractivity contribution in [2.45, 2.75) is 26.7 Å². The molecule has 0 unspecified atom stereocenters. The summed E-state index contributed by atoms with van der Waals surface area (Å²) in [5.41, 5.74) is 0. The van der Waals surface area contributed by atoms with E-state index in [1.54, 1.807) is 0 Å². The van der Waals surface area contributed by atoms with Crippen molar-refractivity contribution in [3.63, 3.8) is 0 Å². The summed E-state index contributed by atoms with van der Waals surface area (Å²) in [6.45, 7) is 3.83. The van der Waals surface area contributed by atoms with E-state index in [1.165, 1.54) is 0 Å². The molecule has 7 heteroatoms. The second-order valence-corrected chi connectivity index (χ2v) is 18.2. The molecule has 0 atom stereocenters. The van der Waals surface area contributed by atoms with Gasteiger partial charge < -0.3 is 0 Å². The summed E-state index contributed by atoms with van der Waals surface area (Å²) in [6.07, 6.45) is 1.20. The summed E-state index contributed by atoms with van der Waals surface area (Å²) in [7, 11) is 10.4. The van der Waals surface area contributed by atoms with Crippen molar-refractivity contribution in [3.8, 4) is 0 Å². The average molecular weight is 291 g/mol. The fourth-order valence-corrected chi connectivity index (χ4v) is 4.08. The Morgan fingerprint density at radius 2 is 1.31 bits per heavy atom. The van der Waals surface area contributed by atoms with Crippen LogP contribution < -0.4 is 0 Å². The van der Waals surface area contributed by atoms with Gasteiger partial charge in [0.05, 0.1) is 0 Å². The molecule has 0 saturated carbocycles. The van der Waals surface area contributed by atoms with Crippen LogP contribution >= 0.6 is 29.5 Å². The molecule has 0 aromatic carbocycles. The normalized spacial score (nSPS) is 17.9. The summed E-state index contributed by atoms with van der Waals surface area (Å²) < 4.78 is 21.3. The van der Waals surface area contributed by atoms with Crippen LogP contribution in [0.5, 0.6) is 0 Å². The number of halogens is 3. The molecule has 0 aromatic rings. The first-order valence-corrected chi connectivity index (χ1v) is 11.5. The predicted octanol–water partition coefficient (Wildman–Crippen LogP) is 3.70. The topological polar surface area (TPSA) is 35.5 Å². The summed E-state index contributed by atoms with van der Waals surface area (Å²) in [5.74, 6) is 0. The Labute approximate surface area is 89.7 Å². The first-order valence-electron chi connectivity index (χ1n) is 4.05. The van der Waals surface area contributed by atoms with E-state index in [1.807, 2.05) is 13.8 Å². The molecule has 0 aliphatic rings. The van der Waals surface area contributed by atoms with Gasteiger partial charge in [0.2, 0.25) is 0 Å². The van der Waals surface area contributed by atoms with Crippen LogP contribution in [0.25, 0.3) is 0 Å². The Morgan fingerprint density at radius 1 is 1.00 bits per heavy atom. The monoisotopic (exact) mass is 290 g/mol. The van der Waals surface area contributed by atoms with Crippen LogP contribution in [-0.2, 0) is 20.5 Å². The molecule has 0 bridgehead atoms. The maximum atomic E-state index is 11.8. The van der Waals surface area contributed by atoms with Crippen LogP contribution in [0.3, 0.4) is 0 Å². The third-order valence-corrected chi connectivity index (χ3v) is 5.65. The van der Waals surface area contributed by atoms with Crippen molar-refractivity contribution < 1.29 is 20.5 Å². The Bertz CT molecular complexity index is 230. The van der Waals surface area contributed by atoms with E-state index < -0.39 is 9.53 Å². The molecular formula is C6H14Cl3O3V. The predicted molar refractivity (Wildman–Crippen MR) is 50.7 cm³/mol. The minimum atomic E-state index is -6.17. The van der Waals surface area contributed by atoms with Crippen molar-refractivity contribution in [1.29, 1.82) is 0 Å². The van der Waals surface area contributed by atoms with Gasteiger partial charge >= 0.3 is 90.0 Å². The molecule has 0 aliphatic heterocycles. The molecule has 0 spiro atoms. The van der Waals surface area contributed by atoms with Gasteiger partial charge in [-0.15, -0.1) is 0 Å². The molecule has 0 fully saturated rings. The van der Waals surface area contributed by atoms with E-state index in [0.29, 0.717) is 12.8 Å². The zero-order valence-electron chi connectivity index (χ0n) is 7.63. The molecule has 0 saturated heterocycles. The Kier molecular flexibility index (Phi) is 4.33. The fourth-order valence-electron chi connectivity index (χ4n) is 0.576. The quantitative estimate of drug-likeness (QED) is 0.748. The van der Waals surface area contributed by atoms with Crippen LogP contribution in [0.1, 0.15) is 26.7 Å². The van der Waals surface area contributed by atoms with E-state index in [0.717, 1.165) is 0 Å².